The molecule has 0 radical (unpaired) electrons. The van der Waals surface area contributed by atoms with E-state index in [2.05, 4.69) is 72.7 Å². The van der Waals surface area contributed by atoms with Gasteiger partial charge in [0.05, 0.1) is 19.8 Å². The van der Waals surface area contributed by atoms with Crippen molar-refractivity contribution in [1.82, 2.24) is 4.90 Å². The number of benzene rings is 3. The van der Waals surface area contributed by atoms with Crippen LogP contribution in [-0.4, -0.2) is 49.5 Å². The van der Waals surface area contributed by atoms with Gasteiger partial charge in [0.1, 0.15) is 5.75 Å². The second-order valence-corrected chi connectivity index (χ2v) is 11.3. The zero-order valence-electron chi connectivity index (χ0n) is 23.4. The smallest absolute Gasteiger partial charge is 0.251 e. The standard InChI is InChI=1S/C34H38N2O4/c1-24-3-7-26(8-4-24)27-9-12-32-29(21-27)22-28(15-18-38-32)33(37)35-30-10-5-25(6-11-30)23-36(2)31-13-16-34(17-14-31)39-19-20-40-34/h3-12,21-22,31H,13-20,23H2,1-2H3,(H,35,37). The van der Waals surface area contributed by atoms with Crippen LogP contribution in [-0.2, 0) is 20.8 Å². The first-order chi connectivity index (χ1) is 19.5. The Bertz CT molecular complexity index is 1360. The van der Waals surface area contributed by atoms with Crippen molar-refractivity contribution in [2.75, 3.05) is 32.2 Å². The van der Waals surface area contributed by atoms with Gasteiger partial charge in [-0.15, -0.1) is 0 Å². The second kappa shape index (κ2) is 11.6. The Balaban J connectivity index is 1.08. The van der Waals surface area contributed by atoms with Crippen LogP contribution in [0.25, 0.3) is 17.2 Å². The normalized spacial score (nSPS) is 18.6. The molecule has 1 saturated heterocycles. The minimum absolute atomic E-state index is 0.0884. The molecule has 208 valence electrons. The third kappa shape index (κ3) is 5.99. The Hall–Kier alpha value is -3.45. The van der Waals surface area contributed by atoms with E-state index in [1.54, 1.807) is 0 Å². The molecule has 3 aliphatic rings. The van der Waals surface area contributed by atoms with E-state index in [9.17, 15) is 4.79 Å². The van der Waals surface area contributed by atoms with Crippen LogP contribution >= 0.6 is 0 Å². The van der Waals surface area contributed by atoms with Gasteiger partial charge in [-0.25, -0.2) is 0 Å². The molecule has 2 aliphatic heterocycles. The third-order valence-electron chi connectivity index (χ3n) is 8.44. The molecule has 40 heavy (non-hydrogen) atoms. The lowest BCUT2D eigenvalue weighted by Gasteiger charge is -2.39. The molecular formula is C34H38N2O4. The lowest BCUT2D eigenvalue weighted by atomic mass is 9.89. The zero-order valence-corrected chi connectivity index (χ0v) is 23.4. The van der Waals surface area contributed by atoms with Crippen molar-refractivity contribution in [3.63, 3.8) is 0 Å². The molecule has 1 saturated carbocycles. The fraction of sp³-hybridized carbons (Fsp3) is 0.382. The maximum absolute atomic E-state index is 13.2. The van der Waals surface area contributed by atoms with Crippen LogP contribution in [0.1, 0.15) is 48.8 Å². The molecule has 3 aromatic carbocycles. The van der Waals surface area contributed by atoms with E-state index in [-0.39, 0.29) is 11.7 Å². The lowest BCUT2D eigenvalue weighted by Crippen LogP contribution is -2.42. The molecule has 0 bridgehead atoms. The minimum Gasteiger partial charge on any atom is -0.493 e. The molecule has 2 fully saturated rings. The van der Waals surface area contributed by atoms with Crippen LogP contribution < -0.4 is 10.1 Å². The molecule has 6 nitrogen and oxygen atoms in total. The summed E-state index contributed by atoms with van der Waals surface area (Å²) in [6.07, 6.45) is 6.62. The van der Waals surface area contributed by atoms with Gasteiger partial charge in [-0.3, -0.25) is 9.69 Å². The van der Waals surface area contributed by atoms with Crippen molar-refractivity contribution in [2.24, 2.45) is 0 Å². The van der Waals surface area contributed by atoms with Crippen molar-refractivity contribution in [2.45, 2.75) is 57.4 Å². The van der Waals surface area contributed by atoms with Crippen LogP contribution in [0.15, 0.2) is 72.3 Å². The topological polar surface area (TPSA) is 60.0 Å². The highest BCUT2D eigenvalue weighted by molar-refractivity contribution is 6.07. The molecule has 1 aliphatic carbocycles. The number of ether oxygens (including phenoxy) is 3. The number of amides is 1. The lowest BCUT2D eigenvalue weighted by molar-refractivity contribution is -0.183. The maximum Gasteiger partial charge on any atom is 0.251 e. The highest BCUT2D eigenvalue weighted by Crippen LogP contribution is 2.37. The Morgan fingerprint density at radius 3 is 2.35 bits per heavy atom. The Kier molecular flexibility index (Phi) is 7.74. The summed E-state index contributed by atoms with van der Waals surface area (Å²) in [7, 11) is 2.19. The number of nitrogens with one attached hydrogen (secondary N) is 1. The van der Waals surface area contributed by atoms with Gasteiger partial charge >= 0.3 is 0 Å². The fourth-order valence-corrected chi connectivity index (χ4v) is 6.02. The summed E-state index contributed by atoms with van der Waals surface area (Å²) in [6, 6.07) is 23.4. The van der Waals surface area contributed by atoms with E-state index in [4.69, 9.17) is 14.2 Å². The van der Waals surface area contributed by atoms with Gasteiger partial charge in [-0.1, -0.05) is 48.0 Å². The number of fused-ring (bicyclic) bond motifs is 1. The van der Waals surface area contributed by atoms with Crippen LogP contribution in [0.5, 0.6) is 5.75 Å². The van der Waals surface area contributed by atoms with Crippen LogP contribution in [0.4, 0.5) is 5.69 Å². The van der Waals surface area contributed by atoms with Gasteiger partial charge in [-0.2, -0.15) is 0 Å². The predicted molar refractivity (Wildman–Crippen MR) is 158 cm³/mol. The molecule has 0 aromatic heterocycles. The number of aryl methyl sites for hydroxylation is 1. The van der Waals surface area contributed by atoms with Gasteiger partial charge in [-0.05, 0) is 73.8 Å². The van der Waals surface area contributed by atoms with Gasteiger partial charge in [0.2, 0.25) is 0 Å². The molecule has 1 amide bonds. The summed E-state index contributed by atoms with van der Waals surface area (Å²) < 4.78 is 17.7. The SMILES string of the molecule is Cc1ccc(-c2ccc3c(c2)C=C(C(=O)Nc2ccc(CN(C)C4CCC5(CC4)OCCO5)cc2)CCO3)cc1. The number of carbonyl (C=O) groups is 1. The predicted octanol–water partition coefficient (Wildman–Crippen LogP) is 6.58. The largest absolute Gasteiger partial charge is 0.493 e. The summed E-state index contributed by atoms with van der Waals surface area (Å²) in [4.78, 5) is 15.7. The van der Waals surface area contributed by atoms with Gasteiger partial charge < -0.3 is 19.5 Å². The highest BCUT2D eigenvalue weighted by Gasteiger charge is 2.41. The van der Waals surface area contributed by atoms with Crippen molar-refractivity contribution >= 4 is 17.7 Å². The van der Waals surface area contributed by atoms with E-state index < -0.39 is 0 Å². The minimum atomic E-state index is -0.318. The van der Waals surface area contributed by atoms with E-state index in [1.165, 1.54) is 11.1 Å². The van der Waals surface area contributed by atoms with Crippen molar-refractivity contribution < 1.29 is 19.0 Å². The molecule has 1 N–H and O–H groups in total. The number of anilines is 1. The third-order valence-corrected chi connectivity index (χ3v) is 8.44. The average molecular weight is 539 g/mol. The van der Waals surface area contributed by atoms with E-state index in [0.717, 1.165) is 73.6 Å². The highest BCUT2D eigenvalue weighted by atomic mass is 16.7. The summed E-state index contributed by atoms with van der Waals surface area (Å²) in [5.74, 6) is 0.403. The zero-order chi connectivity index (χ0) is 27.5. The molecule has 1 spiro atoms. The monoisotopic (exact) mass is 538 g/mol. The van der Waals surface area contributed by atoms with Crippen LogP contribution in [0.3, 0.4) is 0 Å². The number of nitrogens with zero attached hydrogens (tertiary/aromatic N) is 1. The summed E-state index contributed by atoms with van der Waals surface area (Å²) in [5, 5.41) is 3.09. The Labute approximate surface area is 236 Å². The number of hydrogen-bond acceptors (Lipinski definition) is 5. The van der Waals surface area contributed by atoms with Crippen LogP contribution in [0.2, 0.25) is 0 Å². The molecule has 3 aromatic rings. The molecule has 0 atom stereocenters. The van der Waals surface area contributed by atoms with E-state index in [0.29, 0.717) is 24.6 Å². The summed E-state index contributed by atoms with van der Waals surface area (Å²) in [6.45, 7) is 4.87. The van der Waals surface area contributed by atoms with Gasteiger partial charge in [0.15, 0.2) is 5.79 Å². The van der Waals surface area contributed by atoms with Crippen LogP contribution in [0, 0.1) is 6.92 Å². The number of carbonyl (C=O) groups excluding carboxylic acids is 1. The van der Waals surface area contributed by atoms with Crippen molar-refractivity contribution in [3.05, 3.63) is 89.0 Å². The van der Waals surface area contributed by atoms with E-state index in [1.807, 2.05) is 24.3 Å². The molecule has 6 heteroatoms. The quantitative estimate of drug-likeness (QED) is 0.384. The number of rotatable bonds is 6. The van der Waals surface area contributed by atoms with Gasteiger partial charge in [0.25, 0.3) is 5.91 Å². The van der Waals surface area contributed by atoms with Gasteiger partial charge in [0, 0.05) is 48.7 Å². The van der Waals surface area contributed by atoms with Crippen molar-refractivity contribution in [3.8, 4) is 16.9 Å². The Morgan fingerprint density at radius 1 is 0.925 bits per heavy atom. The maximum atomic E-state index is 13.2. The first-order valence-corrected chi connectivity index (χ1v) is 14.4. The Morgan fingerprint density at radius 2 is 1.62 bits per heavy atom. The first-order valence-electron chi connectivity index (χ1n) is 14.4. The second-order valence-electron chi connectivity index (χ2n) is 11.3. The summed E-state index contributed by atoms with van der Waals surface area (Å²) >= 11 is 0. The molecule has 2 heterocycles. The molecular weight excluding hydrogens is 500 g/mol. The fourth-order valence-electron chi connectivity index (χ4n) is 6.02. The number of hydrogen-bond donors (Lipinski definition) is 1. The van der Waals surface area contributed by atoms with E-state index >= 15 is 0 Å². The molecule has 6 rings (SSSR count). The average Bonchev–Trinajstić information content (AvgIpc) is 3.30. The van der Waals surface area contributed by atoms with Crippen molar-refractivity contribution in [1.29, 1.82) is 0 Å². The summed E-state index contributed by atoms with van der Waals surface area (Å²) in [5.41, 5.74) is 7.15. The molecule has 0 unspecified atom stereocenters. The first kappa shape index (κ1) is 26.8.